The van der Waals surface area contributed by atoms with Crippen LogP contribution in [0.2, 0.25) is 0 Å². The zero-order valence-corrected chi connectivity index (χ0v) is 18.5. The number of nitrogens with zero attached hydrogens (tertiary/aromatic N) is 4. The highest BCUT2D eigenvalue weighted by Gasteiger charge is 2.36. The average molecular weight is 433 g/mol. The summed E-state index contributed by atoms with van der Waals surface area (Å²) < 4.78 is 0. The molecule has 0 atom stereocenters. The van der Waals surface area contributed by atoms with Gasteiger partial charge in [0.1, 0.15) is 11.3 Å². The van der Waals surface area contributed by atoms with Crippen LogP contribution in [0.25, 0.3) is 11.2 Å². The summed E-state index contributed by atoms with van der Waals surface area (Å²) in [5, 5.41) is 2.97. The number of fused-ring (bicyclic) bond motifs is 1. The number of benzene rings is 1. The highest BCUT2D eigenvalue weighted by molar-refractivity contribution is 6.04. The Morgan fingerprint density at radius 1 is 1.25 bits per heavy atom. The standard InChI is InChI=1S/C24H28N6O2/c1-4-20(31)30-13-12-29(16-24(30,2)3)19-15-27-22-21(28-19)18(14-26-22)23(32)25-11-10-17-8-6-5-7-9-17/h4-9,14-15H,1,10-13,16H2,2-3H3,(H,25,32)(H,26,27). The number of hydrogen-bond acceptors (Lipinski definition) is 5. The summed E-state index contributed by atoms with van der Waals surface area (Å²) in [4.78, 5) is 41.1. The Morgan fingerprint density at radius 3 is 2.75 bits per heavy atom. The Balaban J connectivity index is 1.48. The van der Waals surface area contributed by atoms with Crippen molar-refractivity contribution in [1.29, 1.82) is 0 Å². The van der Waals surface area contributed by atoms with Gasteiger partial charge >= 0.3 is 0 Å². The molecule has 8 heteroatoms. The van der Waals surface area contributed by atoms with Crippen LogP contribution >= 0.6 is 0 Å². The highest BCUT2D eigenvalue weighted by Crippen LogP contribution is 2.26. The molecule has 2 N–H and O–H groups in total. The molecule has 32 heavy (non-hydrogen) atoms. The third-order valence-electron chi connectivity index (χ3n) is 5.82. The van der Waals surface area contributed by atoms with Crippen LogP contribution in [0, 0.1) is 0 Å². The summed E-state index contributed by atoms with van der Waals surface area (Å²) in [6.45, 7) is 9.99. The number of carbonyl (C=O) groups is 2. The first-order chi connectivity index (χ1) is 15.4. The molecule has 1 fully saturated rings. The maximum atomic E-state index is 12.8. The van der Waals surface area contributed by atoms with Crippen LogP contribution in [0.3, 0.4) is 0 Å². The smallest absolute Gasteiger partial charge is 0.255 e. The molecule has 8 nitrogen and oxygen atoms in total. The number of anilines is 1. The summed E-state index contributed by atoms with van der Waals surface area (Å²) in [5.74, 6) is 0.436. The molecule has 1 saturated heterocycles. The first kappa shape index (κ1) is 21.5. The van der Waals surface area contributed by atoms with Gasteiger partial charge < -0.3 is 20.1 Å². The van der Waals surface area contributed by atoms with E-state index >= 15 is 0 Å². The molecule has 0 unspecified atom stereocenters. The highest BCUT2D eigenvalue weighted by atomic mass is 16.2. The van der Waals surface area contributed by atoms with E-state index in [4.69, 9.17) is 4.98 Å². The first-order valence-electron chi connectivity index (χ1n) is 10.7. The number of piperazine rings is 1. The normalized spacial score (nSPS) is 15.6. The number of rotatable bonds is 6. The molecular weight excluding hydrogens is 404 g/mol. The van der Waals surface area contributed by atoms with E-state index in [9.17, 15) is 9.59 Å². The van der Waals surface area contributed by atoms with Gasteiger partial charge in [0, 0.05) is 32.4 Å². The molecule has 3 aromatic rings. The van der Waals surface area contributed by atoms with Gasteiger partial charge in [-0.2, -0.15) is 0 Å². The van der Waals surface area contributed by atoms with Gasteiger partial charge in [-0.3, -0.25) is 9.59 Å². The molecule has 166 valence electrons. The van der Waals surface area contributed by atoms with E-state index in [1.165, 1.54) is 11.6 Å². The SMILES string of the molecule is C=CC(=O)N1CCN(c2cnc3[nH]cc(C(=O)NCCc4ccccc4)c3n2)CC1(C)C. The van der Waals surface area contributed by atoms with Crippen LogP contribution in [0.4, 0.5) is 5.82 Å². The summed E-state index contributed by atoms with van der Waals surface area (Å²) >= 11 is 0. The lowest BCUT2D eigenvalue weighted by Crippen LogP contribution is -2.61. The summed E-state index contributed by atoms with van der Waals surface area (Å²) in [6, 6.07) is 10.0. The maximum absolute atomic E-state index is 12.8. The first-order valence-corrected chi connectivity index (χ1v) is 10.7. The Labute approximate surface area is 187 Å². The number of H-pyrrole nitrogens is 1. The topological polar surface area (TPSA) is 94.2 Å². The van der Waals surface area contributed by atoms with Gasteiger partial charge in [-0.25, -0.2) is 9.97 Å². The second-order valence-electron chi connectivity index (χ2n) is 8.55. The van der Waals surface area contributed by atoms with Crippen molar-refractivity contribution in [3.63, 3.8) is 0 Å². The van der Waals surface area contributed by atoms with Crippen LogP contribution in [-0.2, 0) is 11.2 Å². The molecule has 0 saturated carbocycles. The van der Waals surface area contributed by atoms with Crippen LogP contribution < -0.4 is 10.2 Å². The Morgan fingerprint density at radius 2 is 2.03 bits per heavy atom. The molecule has 1 aliphatic rings. The summed E-state index contributed by atoms with van der Waals surface area (Å²) in [6.07, 6.45) is 5.47. The Kier molecular flexibility index (Phi) is 5.94. The van der Waals surface area contributed by atoms with Crippen LogP contribution in [-0.4, -0.2) is 63.4 Å². The fourth-order valence-corrected chi connectivity index (χ4v) is 4.14. The minimum absolute atomic E-state index is 0.0729. The van der Waals surface area contributed by atoms with Crippen molar-refractivity contribution in [2.24, 2.45) is 0 Å². The second-order valence-corrected chi connectivity index (χ2v) is 8.55. The zero-order valence-electron chi connectivity index (χ0n) is 18.5. The monoisotopic (exact) mass is 432 g/mol. The molecule has 0 bridgehead atoms. The van der Waals surface area contributed by atoms with Crippen LogP contribution in [0.15, 0.2) is 55.4 Å². The molecule has 3 heterocycles. The van der Waals surface area contributed by atoms with E-state index in [1.807, 2.05) is 49.1 Å². The van der Waals surface area contributed by atoms with Gasteiger partial charge in [0.2, 0.25) is 5.91 Å². The maximum Gasteiger partial charge on any atom is 0.255 e. The average Bonchev–Trinajstić information content (AvgIpc) is 3.22. The van der Waals surface area contributed by atoms with Crippen molar-refractivity contribution >= 4 is 28.8 Å². The minimum Gasteiger partial charge on any atom is -0.352 e. The fourth-order valence-electron chi connectivity index (χ4n) is 4.14. The van der Waals surface area contributed by atoms with E-state index in [-0.39, 0.29) is 17.4 Å². The zero-order chi connectivity index (χ0) is 22.7. The van der Waals surface area contributed by atoms with E-state index in [0.717, 1.165) is 6.42 Å². The number of amides is 2. The molecule has 2 aromatic heterocycles. The predicted molar refractivity (Wildman–Crippen MR) is 125 cm³/mol. The lowest BCUT2D eigenvalue weighted by molar-refractivity contribution is -0.131. The molecule has 0 radical (unpaired) electrons. The van der Waals surface area contributed by atoms with E-state index in [0.29, 0.717) is 48.7 Å². The molecule has 0 spiro atoms. The van der Waals surface area contributed by atoms with Crippen molar-refractivity contribution in [1.82, 2.24) is 25.2 Å². The third kappa shape index (κ3) is 4.34. The van der Waals surface area contributed by atoms with Crippen LogP contribution in [0.1, 0.15) is 29.8 Å². The van der Waals surface area contributed by atoms with E-state index < -0.39 is 0 Å². The summed E-state index contributed by atoms with van der Waals surface area (Å²) in [7, 11) is 0. The number of aromatic amines is 1. The number of carbonyl (C=O) groups excluding carboxylic acids is 2. The number of hydrogen-bond donors (Lipinski definition) is 2. The lowest BCUT2D eigenvalue weighted by Gasteiger charge is -2.47. The van der Waals surface area contributed by atoms with Crippen molar-refractivity contribution in [2.45, 2.75) is 25.8 Å². The van der Waals surface area contributed by atoms with Gasteiger partial charge in [-0.1, -0.05) is 36.9 Å². The van der Waals surface area contributed by atoms with Gasteiger partial charge in [-0.05, 0) is 31.9 Å². The van der Waals surface area contributed by atoms with Crippen molar-refractivity contribution < 1.29 is 9.59 Å². The van der Waals surface area contributed by atoms with E-state index in [1.54, 1.807) is 12.4 Å². The quantitative estimate of drug-likeness (QED) is 0.584. The number of nitrogens with one attached hydrogen (secondary N) is 2. The molecule has 1 aliphatic heterocycles. The predicted octanol–water partition coefficient (Wildman–Crippen LogP) is 2.54. The van der Waals surface area contributed by atoms with Gasteiger partial charge in [-0.15, -0.1) is 0 Å². The molecule has 4 rings (SSSR count). The summed E-state index contributed by atoms with van der Waals surface area (Å²) in [5.41, 5.74) is 2.38. The van der Waals surface area contributed by atoms with E-state index in [2.05, 4.69) is 26.8 Å². The van der Waals surface area contributed by atoms with Gasteiger partial charge in [0.15, 0.2) is 5.65 Å². The molecule has 0 aliphatic carbocycles. The number of aromatic nitrogens is 3. The Bertz CT molecular complexity index is 1140. The van der Waals surface area contributed by atoms with Crippen molar-refractivity contribution in [2.75, 3.05) is 31.1 Å². The fraction of sp³-hybridized carbons (Fsp3) is 0.333. The molecular formula is C24H28N6O2. The second kappa shape index (κ2) is 8.82. The Hall–Kier alpha value is -3.68. The molecule has 2 amide bonds. The lowest BCUT2D eigenvalue weighted by atomic mass is 9.98. The molecule has 1 aromatic carbocycles. The van der Waals surface area contributed by atoms with Crippen LogP contribution in [0.5, 0.6) is 0 Å². The largest absolute Gasteiger partial charge is 0.352 e. The van der Waals surface area contributed by atoms with Gasteiger partial charge in [0.05, 0.1) is 17.3 Å². The third-order valence-corrected chi connectivity index (χ3v) is 5.82. The van der Waals surface area contributed by atoms with Crippen molar-refractivity contribution in [3.8, 4) is 0 Å². The minimum atomic E-state index is -0.379. The van der Waals surface area contributed by atoms with Gasteiger partial charge in [0.25, 0.3) is 5.91 Å². The van der Waals surface area contributed by atoms with Crippen molar-refractivity contribution in [3.05, 3.63) is 66.5 Å².